The Balaban J connectivity index is 2.13. The number of hydrogen-bond acceptors (Lipinski definition) is 6. The summed E-state index contributed by atoms with van der Waals surface area (Å²) < 4.78 is 5.45. The van der Waals surface area contributed by atoms with E-state index in [2.05, 4.69) is 5.16 Å². The largest absolute Gasteiger partial charge is 0.396 e. The number of fused-ring (bicyclic) bond motifs is 1. The monoisotopic (exact) mass is 337 g/mol. The molecule has 26 heavy (non-hydrogen) atoms. The minimum absolute atomic E-state index is 0.0418. The molecule has 1 heterocycles. The molecule has 3 aromatic rings. The van der Waals surface area contributed by atoms with Crippen molar-refractivity contribution in [2.75, 3.05) is 0 Å². The minimum atomic E-state index is -0.297. The predicted octanol–water partition coefficient (Wildman–Crippen LogP) is 3.66. The molecule has 0 bridgehead atoms. The lowest BCUT2D eigenvalue weighted by molar-refractivity contribution is 0.441. The lowest BCUT2D eigenvalue weighted by Crippen LogP contribution is -2.03. The molecule has 0 atom stereocenters. The fourth-order valence-electron chi connectivity index (χ4n) is 2.46. The summed E-state index contributed by atoms with van der Waals surface area (Å²) in [6, 6.07) is 20.2. The maximum absolute atomic E-state index is 9.32. The highest BCUT2D eigenvalue weighted by atomic mass is 16.5. The van der Waals surface area contributed by atoms with E-state index < -0.39 is 0 Å². The molecular formula is C20H11N5O. The summed E-state index contributed by atoms with van der Waals surface area (Å²) in [4.78, 5) is 0. The zero-order valence-electron chi connectivity index (χ0n) is 13.5. The lowest BCUT2D eigenvalue weighted by atomic mass is 10.0. The van der Waals surface area contributed by atoms with E-state index in [0.29, 0.717) is 16.8 Å². The molecule has 3 rings (SSSR count). The first-order chi connectivity index (χ1) is 12.7. The molecule has 0 unspecified atom stereocenters. The van der Waals surface area contributed by atoms with Crippen LogP contribution in [0.4, 0.5) is 0 Å². The van der Waals surface area contributed by atoms with Crippen molar-refractivity contribution in [3.05, 3.63) is 70.9 Å². The van der Waals surface area contributed by atoms with Gasteiger partial charge in [0.1, 0.15) is 23.7 Å². The zero-order valence-corrected chi connectivity index (χ0v) is 13.5. The summed E-state index contributed by atoms with van der Waals surface area (Å²) >= 11 is 0. The van der Waals surface area contributed by atoms with Crippen LogP contribution in [0.1, 0.15) is 5.56 Å². The van der Waals surface area contributed by atoms with E-state index in [0.717, 1.165) is 10.9 Å². The molecule has 2 N–H and O–H groups in total. The first-order valence-electron chi connectivity index (χ1n) is 7.55. The van der Waals surface area contributed by atoms with Gasteiger partial charge in [-0.1, -0.05) is 41.6 Å². The molecule has 0 amide bonds. The topological polar surface area (TPSA) is 123 Å². The minimum Gasteiger partial charge on any atom is -0.396 e. The maximum Gasteiger partial charge on any atom is 0.174 e. The van der Waals surface area contributed by atoms with Crippen molar-refractivity contribution in [1.82, 2.24) is 5.16 Å². The fourth-order valence-corrected chi connectivity index (χ4v) is 2.46. The summed E-state index contributed by atoms with van der Waals surface area (Å²) in [6.07, 6.45) is 1.52. The first-order valence-corrected chi connectivity index (χ1v) is 7.55. The smallest absolute Gasteiger partial charge is 0.174 e. The van der Waals surface area contributed by atoms with E-state index >= 15 is 0 Å². The Kier molecular flexibility index (Phi) is 4.48. The van der Waals surface area contributed by atoms with Gasteiger partial charge in [0.05, 0.1) is 16.7 Å². The van der Waals surface area contributed by atoms with Gasteiger partial charge in [-0.15, -0.1) is 0 Å². The van der Waals surface area contributed by atoms with E-state index in [1.165, 1.54) is 6.08 Å². The molecule has 0 saturated carbocycles. The molecule has 0 saturated heterocycles. The maximum atomic E-state index is 9.32. The third kappa shape index (κ3) is 3.01. The SMILES string of the molecule is N#CC(C#N)=C(N)/C(C#N)=C/c1ccc2noc(-c3ccccc3)c2c1. The van der Waals surface area contributed by atoms with Crippen molar-refractivity contribution < 1.29 is 4.52 Å². The second-order valence-electron chi connectivity index (χ2n) is 5.34. The van der Waals surface area contributed by atoms with Gasteiger partial charge in [-0.2, -0.15) is 15.8 Å². The third-order valence-corrected chi connectivity index (χ3v) is 3.75. The predicted molar refractivity (Wildman–Crippen MR) is 95.5 cm³/mol. The normalized spacial score (nSPS) is 10.6. The van der Waals surface area contributed by atoms with Crippen LogP contribution in [0.15, 0.2) is 69.9 Å². The average Bonchev–Trinajstić information content (AvgIpc) is 3.10. The molecule has 122 valence electrons. The van der Waals surface area contributed by atoms with Gasteiger partial charge in [0.15, 0.2) is 11.3 Å². The molecule has 1 aromatic heterocycles. The molecule has 0 spiro atoms. The Bertz CT molecular complexity index is 1150. The van der Waals surface area contributed by atoms with Gasteiger partial charge in [-0.3, -0.25) is 0 Å². The van der Waals surface area contributed by atoms with Gasteiger partial charge in [-0.25, -0.2) is 0 Å². The van der Waals surface area contributed by atoms with Crippen molar-refractivity contribution in [1.29, 1.82) is 15.8 Å². The van der Waals surface area contributed by atoms with Crippen LogP contribution >= 0.6 is 0 Å². The summed E-state index contributed by atoms with van der Waals surface area (Å²) in [5, 5.41) is 32.0. The van der Waals surface area contributed by atoms with Gasteiger partial charge in [0, 0.05) is 5.56 Å². The number of rotatable bonds is 3. The number of allylic oxidation sites excluding steroid dienone is 2. The van der Waals surface area contributed by atoms with Gasteiger partial charge in [0.2, 0.25) is 0 Å². The zero-order chi connectivity index (χ0) is 18.5. The second-order valence-corrected chi connectivity index (χ2v) is 5.34. The van der Waals surface area contributed by atoms with Crippen LogP contribution < -0.4 is 5.73 Å². The van der Waals surface area contributed by atoms with E-state index in [1.807, 2.05) is 42.5 Å². The molecule has 0 radical (unpaired) electrons. The van der Waals surface area contributed by atoms with Crippen LogP contribution in [-0.2, 0) is 0 Å². The van der Waals surface area contributed by atoms with Crippen LogP contribution in [0.25, 0.3) is 28.3 Å². The Morgan fingerprint density at radius 2 is 1.73 bits per heavy atom. The molecule has 0 aliphatic carbocycles. The standard InChI is InChI=1S/C20H11N5O/c21-10-15(19(24)16(11-22)12-23)8-13-6-7-18-17(9-13)20(26-25-18)14-4-2-1-3-5-14/h1-9H,24H2/b15-8+. The summed E-state index contributed by atoms with van der Waals surface area (Å²) in [5.74, 6) is 0.618. The third-order valence-electron chi connectivity index (χ3n) is 3.75. The highest BCUT2D eigenvalue weighted by Crippen LogP contribution is 2.29. The Labute approximate surface area is 149 Å². The van der Waals surface area contributed by atoms with Gasteiger partial charge < -0.3 is 10.3 Å². The van der Waals surface area contributed by atoms with Crippen molar-refractivity contribution >= 4 is 17.0 Å². The van der Waals surface area contributed by atoms with Crippen molar-refractivity contribution in [3.8, 4) is 29.5 Å². The van der Waals surface area contributed by atoms with E-state index in [4.69, 9.17) is 20.8 Å². The first kappa shape index (κ1) is 16.5. The number of nitrogens with two attached hydrogens (primary N) is 1. The van der Waals surface area contributed by atoms with Gasteiger partial charge in [-0.05, 0) is 23.8 Å². The second kappa shape index (κ2) is 7.05. The van der Waals surface area contributed by atoms with Crippen LogP contribution in [0, 0.1) is 34.0 Å². The Morgan fingerprint density at radius 3 is 2.38 bits per heavy atom. The highest BCUT2D eigenvalue weighted by molar-refractivity contribution is 5.93. The number of nitrogens with zero attached hydrogens (tertiary/aromatic N) is 4. The van der Waals surface area contributed by atoms with Crippen molar-refractivity contribution in [3.63, 3.8) is 0 Å². The summed E-state index contributed by atoms with van der Waals surface area (Å²) in [5.41, 5.74) is 7.60. The molecule has 0 fully saturated rings. The summed E-state index contributed by atoms with van der Waals surface area (Å²) in [6.45, 7) is 0. The molecule has 2 aromatic carbocycles. The number of benzene rings is 2. The quantitative estimate of drug-likeness (QED) is 0.574. The van der Waals surface area contributed by atoms with Crippen LogP contribution in [-0.4, -0.2) is 5.16 Å². The molecule has 6 heteroatoms. The van der Waals surface area contributed by atoms with Crippen LogP contribution in [0.5, 0.6) is 0 Å². The fraction of sp³-hybridized carbons (Fsp3) is 0. The lowest BCUT2D eigenvalue weighted by Gasteiger charge is -2.01. The highest BCUT2D eigenvalue weighted by Gasteiger charge is 2.12. The molecule has 6 nitrogen and oxygen atoms in total. The average molecular weight is 337 g/mol. The molecule has 0 aliphatic heterocycles. The van der Waals surface area contributed by atoms with E-state index in [-0.39, 0.29) is 16.8 Å². The number of hydrogen-bond donors (Lipinski definition) is 1. The van der Waals surface area contributed by atoms with E-state index in [9.17, 15) is 5.26 Å². The number of nitriles is 3. The van der Waals surface area contributed by atoms with Crippen LogP contribution in [0.2, 0.25) is 0 Å². The summed E-state index contributed by atoms with van der Waals surface area (Å²) in [7, 11) is 0. The Morgan fingerprint density at radius 1 is 1.00 bits per heavy atom. The van der Waals surface area contributed by atoms with Crippen LogP contribution in [0.3, 0.4) is 0 Å². The van der Waals surface area contributed by atoms with Gasteiger partial charge >= 0.3 is 0 Å². The van der Waals surface area contributed by atoms with Gasteiger partial charge in [0.25, 0.3) is 0 Å². The van der Waals surface area contributed by atoms with Crippen molar-refractivity contribution in [2.24, 2.45) is 5.73 Å². The van der Waals surface area contributed by atoms with Crippen molar-refractivity contribution in [2.45, 2.75) is 0 Å². The van der Waals surface area contributed by atoms with E-state index in [1.54, 1.807) is 24.3 Å². The molecule has 0 aliphatic rings. The number of aromatic nitrogens is 1. The Hall–Kier alpha value is -4.34. The molecular weight excluding hydrogens is 326 g/mol.